The minimum Gasteiger partial charge on any atom is -0.454 e. The van der Waals surface area contributed by atoms with Gasteiger partial charge in [-0.15, -0.1) is 0 Å². The van der Waals surface area contributed by atoms with E-state index in [-0.39, 0.29) is 24.8 Å². The Morgan fingerprint density at radius 3 is 2.66 bits per heavy atom. The number of anilines is 1. The summed E-state index contributed by atoms with van der Waals surface area (Å²) in [6.07, 6.45) is 7.19. The molecular formula is C29H35N5O4. The van der Waals surface area contributed by atoms with Gasteiger partial charge in [-0.3, -0.25) is 14.7 Å². The van der Waals surface area contributed by atoms with E-state index in [1.165, 1.54) is 5.56 Å². The molecule has 1 aromatic carbocycles. The van der Waals surface area contributed by atoms with Gasteiger partial charge in [0.25, 0.3) is 5.91 Å². The summed E-state index contributed by atoms with van der Waals surface area (Å²) in [6.45, 7) is 8.06. The summed E-state index contributed by atoms with van der Waals surface area (Å²) in [5.74, 6) is 2.06. The third-order valence-corrected chi connectivity index (χ3v) is 6.76. The van der Waals surface area contributed by atoms with E-state index in [1.54, 1.807) is 18.6 Å². The number of aromatic nitrogens is 2. The first-order valence-corrected chi connectivity index (χ1v) is 13.2. The Morgan fingerprint density at radius 1 is 1.08 bits per heavy atom. The quantitative estimate of drug-likeness (QED) is 0.388. The van der Waals surface area contributed by atoms with Crippen LogP contribution in [0, 0.1) is 0 Å². The predicted octanol–water partition coefficient (Wildman–Crippen LogP) is 4.10. The van der Waals surface area contributed by atoms with Crippen LogP contribution < -0.4 is 20.1 Å². The van der Waals surface area contributed by atoms with E-state index >= 15 is 0 Å². The van der Waals surface area contributed by atoms with Crippen LogP contribution in [-0.2, 0) is 11.3 Å². The highest BCUT2D eigenvalue weighted by Crippen LogP contribution is 2.33. The van der Waals surface area contributed by atoms with Crippen molar-refractivity contribution in [2.75, 3.05) is 38.4 Å². The monoisotopic (exact) mass is 517 g/mol. The predicted molar refractivity (Wildman–Crippen MR) is 145 cm³/mol. The minimum absolute atomic E-state index is 0.109. The standard InChI is InChI=1S/C29H35N5O4/c1-20(2)36-14-11-31-28-25(16-23(17-32-28)22-5-9-30-10-6-22)29(35)33-24-7-12-34(13-8-24)18-21-3-4-26-27(15-21)38-19-37-26/h3-6,9-10,15-17,20,24H,7-8,11-14,18-19H2,1-2H3,(H,31,32)(H,33,35). The van der Waals surface area contributed by atoms with Gasteiger partial charge in [-0.1, -0.05) is 6.07 Å². The number of piperidine rings is 1. The lowest BCUT2D eigenvalue weighted by Crippen LogP contribution is -2.44. The molecule has 5 rings (SSSR count). The number of amides is 1. The molecule has 0 aliphatic carbocycles. The Morgan fingerprint density at radius 2 is 1.87 bits per heavy atom. The van der Waals surface area contributed by atoms with Gasteiger partial charge >= 0.3 is 0 Å². The van der Waals surface area contributed by atoms with Crippen LogP contribution in [0.25, 0.3) is 11.1 Å². The summed E-state index contributed by atoms with van der Waals surface area (Å²) in [5.41, 5.74) is 3.58. The van der Waals surface area contributed by atoms with Gasteiger partial charge < -0.3 is 24.8 Å². The highest BCUT2D eigenvalue weighted by molar-refractivity contribution is 6.00. The molecule has 0 radical (unpaired) electrons. The maximum atomic E-state index is 13.5. The normalized spacial score (nSPS) is 15.6. The van der Waals surface area contributed by atoms with Gasteiger partial charge in [0, 0.05) is 56.4 Å². The van der Waals surface area contributed by atoms with Crippen LogP contribution in [0.15, 0.2) is 55.0 Å². The maximum absolute atomic E-state index is 13.5. The molecule has 0 bridgehead atoms. The number of ether oxygens (including phenoxy) is 3. The SMILES string of the molecule is CC(C)OCCNc1ncc(-c2ccncc2)cc1C(=O)NC1CCN(Cc2ccc3c(c2)OCO3)CC1. The summed E-state index contributed by atoms with van der Waals surface area (Å²) in [6, 6.07) is 12.0. The number of nitrogens with one attached hydrogen (secondary N) is 2. The highest BCUT2D eigenvalue weighted by atomic mass is 16.7. The topological polar surface area (TPSA) is 97.8 Å². The molecule has 3 aromatic rings. The number of hydrogen-bond donors (Lipinski definition) is 2. The van der Waals surface area contributed by atoms with Gasteiger partial charge in [-0.05, 0) is 68.1 Å². The van der Waals surface area contributed by atoms with Crippen LogP contribution in [0.5, 0.6) is 11.5 Å². The molecule has 2 N–H and O–H groups in total. The average molecular weight is 518 g/mol. The minimum atomic E-state index is -0.116. The molecule has 0 atom stereocenters. The van der Waals surface area contributed by atoms with E-state index in [0.717, 1.165) is 55.1 Å². The average Bonchev–Trinajstić information content (AvgIpc) is 3.41. The van der Waals surface area contributed by atoms with Crippen molar-refractivity contribution in [1.82, 2.24) is 20.2 Å². The Bertz CT molecular complexity index is 1230. The van der Waals surface area contributed by atoms with Crippen molar-refractivity contribution >= 4 is 11.7 Å². The molecule has 1 fully saturated rings. The van der Waals surface area contributed by atoms with E-state index in [1.807, 2.05) is 38.1 Å². The molecule has 1 saturated heterocycles. The third kappa shape index (κ3) is 6.59. The first kappa shape index (κ1) is 25.9. The summed E-state index contributed by atoms with van der Waals surface area (Å²) < 4.78 is 16.6. The number of carbonyl (C=O) groups is 1. The largest absolute Gasteiger partial charge is 0.454 e. The van der Waals surface area contributed by atoms with Crippen LogP contribution in [0.2, 0.25) is 0 Å². The molecule has 2 aliphatic rings. The molecule has 38 heavy (non-hydrogen) atoms. The second kappa shape index (κ2) is 12.2. The Hall–Kier alpha value is -3.69. The lowest BCUT2D eigenvalue weighted by molar-refractivity contribution is 0.0867. The first-order chi connectivity index (χ1) is 18.5. The fraction of sp³-hybridized carbons (Fsp3) is 0.414. The molecule has 200 valence electrons. The molecule has 2 aromatic heterocycles. The van der Waals surface area contributed by atoms with E-state index in [9.17, 15) is 4.79 Å². The van der Waals surface area contributed by atoms with Crippen molar-refractivity contribution in [3.63, 3.8) is 0 Å². The molecule has 2 aliphatic heterocycles. The summed E-state index contributed by atoms with van der Waals surface area (Å²) in [5, 5.41) is 6.54. The molecule has 0 spiro atoms. The highest BCUT2D eigenvalue weighted by Gasteiger charge is 2.24. The zero-order valence-corrected chi connectivity index (χ0v) is 22.0. The van der Waals surface area contributed by atoms with E-state index in [4.69, 9.17) is 14.2 Å². The molecule has 0 unspecified atom stereocenters. The van der Waals surface area contributed by atoms with Crippen LogP contribution in [-0.4, -0.2) is 66.0 Å². The summed E-state index contributed by atoms with van der Waals surface area (Å²) >= 11 is 0. The van der Waals surface area contributed by atoms with Crippen molar-refractivity contribution in [1.29, 1.82) is 0 Å². The lowest BCUT2D eigenvalue weighted by atomic mass is 10.0. The first-order valence-electron chi connectivity index (χ1n) is 13.2. The lowest BCUT2D eigenvalue weighted by Gasteiger charge is -2.32. The van der Waals surface area contributed by atoms with Crippen LogP contribution in [0.3, 0.4) is 0 Å². The molecule has 9 nitrogen and oxygen atoms in total. The van der Waals surface area contributed by atoms with Gasteiger partial charge in [0.1, 0.15) is 5.82 Å². The fourth-order valence-corrected chi connectivity index (χ4v) is 4.74. The van der Waals surface area contributed by atoms with Gasteiger partial charge in [-0.25, -0.2) is 4.98 Å². The van der Waals surface area contributed by atoms with Gasteiger partial charge in [-0.2, -0.15) is 0 Å². The van der Waals surface area contributed by atoms with Crippen molar-refractivity contribution in [3.8, 4) is 22.6 Å². The number of rotatable bonds is 10. The second-order valence-corrected chi connectivity index (χ2v) is 9.91. The van der Waals surface area contributed by atoms with Crippen molar-refractivity contribution in [2.45, 2.75) is 45.4 Å². The zero-order chi connectivity index (χ0) is 26.3. The number of hydrogen-bond acceptors (Lipinski definition) is 8. The molecular weight excluding hydrogens is 482 g/mol. The van der Waals surface area contributed by atoms with Crippen molar-refractivity contribution in [2.24, 2.45) is 0 Å². The van der Waals surface area contributed by atoms with Crippen molar-refractivity contribution < 1.29 is 19.0 Å². The van der Waals surface area contributed by atoms with Crippen LogP contribution in [0.1, 0.15) is 42.6 Å². The third-order valence-electron chi connectivity index (χ3n) is 6.76. The number of nitrogens with zero attached hydrogens (tertiary/aromatic N) is 3. The molecule has 4 heterocycles. The van der Waals surface area contributed by atoms with Gasteiger partial charge in [0.15, 0.2) is 11.5 Å². The van der Waals surface area contributed by atoms with Gasteiger partial charge in [0.05, 0.1) is 18.3 Å². The number of fused-ring (bicyclic) bond motifs is 1. The molecule has 1 amide bonds. The van der Waals surface area contributed by atoms with Gasteiger partial charge in [0.2, 0.25) is 6.79 Å². The number of carbonyl (C=O) groups excluding carboxylic acids is 1. The second-order valence-electron chi connectivity index (χ2n) is 9.91. The van der Waals surface area contributed by atoms with E-state index in [0.29, 0.717) is 24.5 Å². The Labute approximate surface area is 223 Å². The molecule has 9 heteroatoms. The van der Waals surface area contributed by atoms with E-state index < -0.39 is 0 Å². The van der Waals surface area contributed by atoms with Crippen LogP contribution >= 0.6 is 0 Å². The number of benzene rings is 1. The Kier molecular flexibility index (Phi) is 8.35. The number of likely N-dealkylation sites (tertiary alicyclic amines) is 1. The smallest absolute Gasteiger partial charge is 0.255 e. The number of pyridine rings is 2. The summed E-state index contributed by atoms with van der Waals surface area (Å²) in [7, 11) is 0. The molecule has 0 saturated carbocycles. The summed E-state index contributed by atoms with van der Waals surface area (Å²) in [4.78, 5) is 24.6. The maximum Gasteiger partial charge on any atom is 0.255 e. The van der Waals surface area contributed by atoms with Crippen LogP contribution in [0.4, 0.5) is 5.82 Å². The fourth-order valence-electron chi connectivity index (χ4n) is 4.74. The Balaban J connectivity index is 1.21. The van der Waals surface area contributed by atoms with E-state index in [2.05, 4.69) is 37.6 Å². The van der Waals surface area contributed by atoms with Crippen molar-refractivity contribution in [3.05, 3.63) is 66.1 Å². The zero-order valence-electron chi connectivity index (χ0n) is 22.0.